The third-order valence-electron chi connectivity index (χ3n) is 5.99. The molecule has 32 heavy (non-hydrogen) atoms. The fourth-order valence-corrected chi connectivity index (χ4v) is 4.27. The summed E-state index contributed by atoms with van der Waals surface area (Å²) in [6, 6.07) is 7.64. The minimum atomic E-state index is -4.47. The van der Waals surface area contributed by atoms with Crippen LogP contribution in [0.3, 0.4) is 0 Å². The van der Waals surface area contributed by atoms with Crippen molar-refractivity contribution in [2.75, 3.05) is 28.2 Å². The zero-order valence-corrected chi connectivity index (χ0v) is 17.8. The molecule has 7 nitrogen and oxygen atoms in total. The van der Waals surface area contributed by atoms with Crippen molar-refractivity contribution in [2.45, 2.75) is 38.9 Å². The number of nitrogens with zero attached hydrogens (tertiary/aromatic N) is 4. The van der Waals surface area contributed by atoms with Crippen LogP contribution in [0.2, 0.25) is 0 Å². The first kappa shape index (κ1) is 22.0. The van der Waals surface area contributed by atoms with E-state index in [4.69, 9.17) is 0 Å². The van der Waals surface area contributed by atoms with Gasteiger partial charge in [-0.25, -0.2) is 14.8 Å². The van der Waals surface area contributed by atoms with E-state index in [2.05, 4.69) is 20.2 Å². The van der Waals surface area contributed by atoms with Crippen LogP contribution in [-0.4, -0.2) is 47.1 Å². The van der Waals surface area contributed by atoms with Crippen LogP contribution in [-0.2, 0) is 0 Å². The van der Waals surface area contributed by atoms with E-state index in [1.165, 1.54) is 24.8 Å². The quantitative estimate of drug-likeness (QED) is 0.682. The Morgan fingerprint density at radius 3 is 2.66 bits per heavy atom. The second-order valence-electron chi connectivity index (χ2n) is 8.46. The number of fused-ring (bicyclic) bond motifs is 4. The molecule has 2 atom stereocenters. The molecule has 1 N–H and O–H groups in total. The summed E-state index contributed by atoms with van der Waals surface area (Å²) in [5, 5.41) is 2.73. The first-order valence-corrected chi connectivity index (χ1v) is 10.5. The standard InChI is InChI=1S/C22H24F3N5O2/c1-13(2)15(22(23,24)25)11-18(31)16-6-7-17-20(27-16)30(14-8-10-29(17)12-14)21(32)28-19-5-3-4-9-26-19/h3-7,9,13-15H,8,10-12H2,1-2H3,(H,26,28,32)/t14-,15+/m0/s1. The summed E-state index contributed by atoms with van der Waals surface area (Å²) < 4.78 is 40.1. The zero-order valence-electron chi connectivity index (χ0n) is 17.8. The van der Waals surface area contributed by atoms with Gasteiger partial charge in [-0.1, -0.05) is 19.9 Å². The average molecular weight is 447 g/mol. The molecular formula is C22H24F3N5O2. The molecule has 2 amide bonds. The molecule has 1 saturated heterocycles. The van der Waals surface area contributed by atoms with Crippen molar-refractivity contribution >= 4 is 29.1 Å². The highest BCUT2D eigenvalue weighted by molar-refractivity contribution is 6.05. The lowest BCUT2D eigenvalue weighted by Gasteiger charge is -2.35. The molecule has 2 aliphatic rings. The fourth-order valence-electron chi connectivity index (χ4n) is 4.27. The van der Waals surface area contributed by atoms with Crippen molar-refractivity contribution in [2.24, 2.45) is 11.8 Å². The number of hydrogen-bond donors (Lipinski definition) is 1. The number of carbonyl (C=O) groups is 2. The zero-order chi connectivity index (χ0) is 23.0. The van der Waals surface area contributed by atoms with Gasteiger partial charge >= 0.3 is 12.2 Å². The van der Waals surface area contributed by atoms with Gasteiger partial charge in [0.05, 0.1) is 17.6 Å². The first-order chi connectivity index (χ1) is 15.1. The number of ketones is 1. The van der Waals surface area contributed by atoms with Crippen molar-refractivity contribution in [3.8, 4) is 0 Å². The van der Waals surface area contributed by atoms with E-state index in [0.29, 0.717) is 18.1 Å². The van der Waals surface area contributed by atoms with Gasteiger partial charge in [0.25, 0.3) is 0 Å². The molecule has 10 heteroatoms. The van der Waals surface area contributed by atoms with Crippen molar-refractivity contribution < 1.29 is 22.8 Å². The maximum Gasteiger partial charge on any atom is 0.392 e. The number of rotatable bonds is 5. The van der Waals surface area contributed by atoms with Gasteiger partial charge in [-0.05, 0) is 36.6 Å². The number of halogens is 3. The number of urea groups is 1. The molecule has 0 unspecified atom stereocenters. The van der Waals surface area contributed by atoms with Gasteiger partial charge in [0.1, 0.15) is 11.5 Å². The van der Waals surface area contributed by atoms with Crippen LogP contribution in [0.5, 0.6) is 0 Å². The minimum absolute atomic E-state index is 0.0724. The van der Waals surface area contributed by atoms with E-state index in [0.717, 1.165) is 13.0 Å². The molecule has 0 spiro atoms. The number of Topliss-reactive ketones (excluding diaryl/α,β-unsaturated/α-hetero) is 1. The fraction of sp³-hybridized carbons (Fsp3) is 0.455. The molecule has 2 aromatic rings. The summed E-state index contributed by atoms with van der Waals surface area (Å²) in [6.45, 7) is 4.24. The first-order valence-electron chi connectivity index (χ1n) is 10.5. The van der Waals surface area contributed by atoms with Crippen LogP contribution >= 0.6 is 0 Å². The van der Waals surface area contributed by atoms with E-state index >= 15 is 0 Å². The highest BCUT2D eigenvalue weighted by atomic mass is 19.4. The van der Waals surface area contributed by atoms with Crippen molar-refractivity contribution in [3.63, 3.8) is 0 Å². The second-order valence-corrected chi connectivity index (χ2v) is 8.46. The average Bonchev–Trinajstić information content (AvgIpc) is 3.15. The molecule has 4 heterocycles. The smallest absolute Gasteiger partial charge is 0.366 e. The Labute approximate surface area is 183 Å². The molecule has 4 rings (SSSR count). The maximum atomic E-state index is 13.4. The molecular weight excluding hydrogens is 423 g/mol. The Morgan fingerprint density at radius 1 is 1.22 bits per heavy atom. The van der Waals surface area contributed by atoms with Crippen molar-refractivity contribution in [3.05, 3.63) is 42.2 Å². The molecule has 1 fully saturated rings. The predicted molar refractivity (Wildman–Crippen MR) is 114 cm³/mol. The number of pyridine rings is 2. The van der Waals surface area contributed by atoms with Crippen LogP contribution in [0.25, 0.3) is 0 Å². The van der Waals surface area contributed by atoms with Crippen molar-refractivity contribution in [1.29, 1.82) is 0 Å². The lowest BCUT2D eigenvalue weighted by atomic mass is 9.89. The molecule has 0 saturated carbocycles. The summed E-state index contributed by atoms with van der Waals surface area (Å²) in [5.41, 5.74) is 0.611. The summed E-state index contributed by atoms with van der Waals surface area (Å²) in [6.07, 6.45) is -2.88. The highest BCUT2D eigenvalue weighted by Crippen LogP contribution is 2.40. The number of hydrogen-bond acceptors (Lipinski definition) is 5. The Kier molecular flexibility index (Phi) is 5.79. The Balaban J connectivity index is 1.63. The Bertz CT molecular complexity index is 1010. The lowest BCUT2D eigenvalue weighted by Crippen LogP contribution is -2.48. The highest BCUT2D eigenvalue weighted by Gasteiger charge is 2.44. The number of aromatic nitrogens is 2. The number of carbonyl (C=O) groups excluding carboxylic acids is 2. The van der Waals surface area contributed by atoms with Crippen LogP contribution < -0.4 is 15.1 Å². The van der Waals surface area contributed by atoms with Gasteiger partial charge in [0.2, 0.25) is 0 Å². The Hall–Kier alpha value is -3.17. The molecule has 2 aromatic heterocycles. The monoisotopic (exact) mass is 447 g/mol. The number of amides is 2. The van der Waals surface area contributed by atoms with Crippen LogP contribution in [0.4, 0.5) is 35.3 Å². The molecule has 2 aliphatic heterocycles. The third kappa shape index (κ3) is 4.26. The number of nitrogens with one attached hydrogen (secondary N) is 1. The molecule has 0 aliphatic carbocycles. The van der Waals surface area contributed by atoms with Crippen LogP contribution in [0.15, 0.2) is 36.5 Å². The second kappa shape index (κ2) is 8.40. The maximum absolute atomic E-state index is 13.4. The Morgan fingerprint density at radius 2 is 2.00 bits per heavy atom. The van der Waals surface area contributed by atoms with Gasteiger partial charge in [0.15, 0.2) is 11.6 Å². The van der Waals surface area contributed by atoms with Crippen LogP contribution in [0.1, 0.15) is 37.2 Å². The third-order valence-corrected chi connectivity index (χ3v) is 5.99. The van der Waals surface area contributed by atoms with E-state index in [1.54, 1.807) is 30.5 Å². The summed E-state index contributed by atoms with van der Waals surface area (Å²) in [7, 11) is 0. The van der Waals surface area contributed by atoms with Gasteiger partial charge in [-0.15, -0.1) is 0 Å². The van der Waals surface area contributed by atoms with Gasteiger partial charge in [0, 0.05) is 25.7 Å². The molecule has 0 radical (unpaired) electrons. The molecule has 2 bridgehead atoms. The lowest BCUT2D eigenvalue weighted by molar-refractivity contribution is -0.184. The SMILES string of the molecule is CC(C)[C@@H](CC(=O)c1ccc2c(n1)N(C(=O)Nc1ccccn1)[C@H]1CCN2C1)C(F)(F)F. The largest absolute Gasteiger partial charge is 0.392 e. The van der Waals surface area contributed by atoms with E-state index in [-0.39, 0.29) is 17.6 Å². The number of alkyl halides is 3. The van der Waals surface area contributed by atoms with Crippen LogP contribution in [0, 0.1) is 11.8 Å². The van der Waals surface area contributed by atoms with Gasteiger partial charge in [-0.3, -0.25) is 15.0 Å². The van der Waals surface area contributed by atoms with E-state index < -0.39 is 36.2 Å². The van der Waals surface area contributed by atoms with Gasteiger partial charge in [-0.2, -0.15) is 13.2 Å². The predicted octanol–water partition coefficient (Wildman–Crippen LogP) is 4.51. The van der Waals surface area contributed by atoms with Crippen molar-refractivity contribution in [1.82, 2.24) is 9.97 Å². The van der Waals surface area contributed by atoms with E-state index in [1.807, 2.05) is 0 Å². The van der Waals surface area contributed by atoms with E-state index in [9.17, 15) is 22.8 Å². The summed E-state index contributed by atoms with van der Waals surface area (Å²) >= 11 is 0. The molecule has 0 aromatic carbocycles. The minimum Gasteiger partial charge on any atom is -0.366 e. The number of anilines is 3. The van der Waals surface area contributed by atoms with Gasteiger partial charge < -0.3 is 4.90 Å². The molecule has 170 valence electrons. The summed E-state index contributed by atoms with van der Waals surface area (Å²) in [4.78, 5) is 37.9. The summed E-state index contributed by atoms with van der Waals surface area (Å²) in [5.74, 6) is -2.53. The normalized spacial score (nSPS) is 18.5. The topological polar surface area (TPSA) is 78.4 Å².